The molecular weight excluding hydrogens is 376 g/mol. The average molecular weight is 400 g/mol. The zero-order valence-electron chi connectivity index (χ0n) is 16.6. The topological polar surface area (TPSA) is 85.3 Å². The summed E-state index contributed by atoms with van der Waals surface area (Å²) in [6.45, 7) is 1.25. The highest BCUT2D eigenvalue weighted by atomic mass is 16.3. The lowest BCUT2D eigenvalue weighted by Crippen LogP contribution is -2.31. The molecule has 2 aromatic heterocycles. The maximum Gasteiger partial charge on any atom is 0.157 e. The molecule has 4 aromatic rings. The molecule has 1 aliphatic carbocycles. The van der Waals surface area contributed by atoms with Crippen molar-refractivity contribution in [3.8, 4) is 11.5 Å². The van der Waals surface area contributed by atoms with E-state index in [2.05, 4.69) is 16.0 Å². The van der Waals surface area contributed by atoms with Crippen molar-refractivity contribution in [3.05, 3.63) is 83.4 Å². The van der Waals surface area contributed by atoms with Crippen LogP contribution in [0.25, 0.3) is 11.0 Å². The first-order valence-corrected chi connectivity index (χ1v) is 10.3. The summed E-state index contributed by atoms with van der Waals surface area (Å²) in [7, 11) is 0. The molecule has 3 N–H and O–H groups in total. The van der Waals surface area contributed by atoms with Gasteiger partial charge in [0.15, 0.2) is 11.5 Å². The molecule has 2 heterocycles. The highest BCUT2D eigenvalue weighted by molar-refractivity contribution is 5.74. The Balaban J connectivity index is 1.50. The molecule has 0 amide bonds. The molecule has 0 fully saturated rings. The van der Waals surface area contributed by atoms with Crippen LogP contribution in [0.3, 0.4) is 0 Å². The second-order valence-corrected chi connectivity index (χ2v) is 7.88. The standard InChI is InChI=1S/C24H24N4O2/c29-21-11-10-16(13-22(21)30)14-28(15-23-26-18-7-1-2-8-19(18)27-23)20-9-3-5-17-6-4-12-25-24(17)20/h1-2,4,6-8,10-13,20,29-30H,3,5,9,14-15H2,(H,26,27). The molecule has 6 heteroatoms. The highest BCUT2D eigenvalue weighted by Gasteiger charge is 2.28. The van der Waals surface area contributed by atoms with E-state index in [4.69, 9.17) is 9.97 Å². The van der Waals surface area contributed by atoms with Crippen LogP contribution < -0.4 is 0 Å². The number of rotatable bonds is 5. The van der Waals surface area contributed by atoms with Gasteiger partial charge in [0.05, 0.1) is 29.3 Å². The molecular formula is C24H24N4O2. The van der Waals surface area contributed by atoms with Crippen molar-refractivity contribution in [2.75, 3.05) is 0 Å². The number of nitrogens with one attached hydrogen (secondary N) is 1. The van der Waals surface area contributed by atoms with E-state index in [9.17, 15) is 10.2 Å². The van der Waals surface area contributed by atoms with E-state index in [-0.39, 0.29) is 17.5 Å². The van der Waals surface area contributed by atoms with Gasteiger partial charge in [-0.2, -0.15) is 0 Å². The third-order valence-corrected chi connectivity index (χ3v) is 5.82. The van der Waals surface area contributed by atoms with Crippen molar-refractivity contribution in [2.24, 2.45) is 0 Å². The summed E-state index contributed by atoms with van der Waals surface area (Å²) in [6, 6.07) is 17.4. The van der Waals surface area contributed by atoms with Gasteiger partial charge in [0, 0.05) is 12.7 Å². The van der Waals surface area contributed by atoms with Gasteiger partial charge in [0.2, 0.25) is 0 Å². The number of para-hydroxylation sites is 2. The molecule has 30 heavy (non-hydrogen) atoms. The number of aryl methyl sites for hydroxylation is 1. The number of nitrogens with zero attached hydrogens (tertiary/aromatic N) is 3. The zero-order valence-corrected chi connectivity index (χ0v) is 16.6. The fourth-order valence-electron chi connectivity index (χ4n) is 4.39. The summed E-state index contributed by atoms with van der Waals surface area (Å²) in [5.41, 5.74) is 5.35. The molecule has 1 unspecified atom stereocenters. The van der Waals surface area contributed by atoms with Gasteiger partial charge >= 0.3 is 0 Å². The lowest BCUT2D eigenvalue weighted by atomic mass is 9.90. The summed E-state index contributed by atoms with van der Waals surface area (Å²) in [5, 5.41) is 19.7. The minimum Gasteiger partial charge on any atom is -0.504 e. The number of imidazole rings is 1. The van der Waals surface area contributed by atoms with Crippen LogP contribution in [0, 0.1) is 0 Å². The van der Waals surface area contributed by atoms with Crippen molar-refractivity contribution in [3.63, 3.8) is 0 Å². The van der Waals surface area contributed by atoms with E-state index >= 15 is 0 Å². The third-order valence-electron chi connectivity index (χ3n) is 5.82. The first-order valence-electron chi connectivity index (χ1n) is 10.3. The molecule has 5 rings (SSSR count). The Morgan fingerprint density at radius 2 is 1.90 bits per heavy atom. The van der Waals surface area contributed by atoms with Crippen molar-refractivity contribution in [1.82, 2.24) is 19.9 Å². The molecule has 152 valence electrons. The lowest BCUT2D eigenvalue weighted by molar-refractivity contribution is 0.153. The number of hydrogen-bond acceptors (Lipinski definition) is 5. The van der Waals surface area contributed by atoms with E-state index in [1.165, 1.54) is 11.6 Å². The number of phenols is 2. The van der Waals surface area contributed by atoms with Crippen molar-refractivity contribution in [1.29, 1.82) is 0 Å². The number of aromatic nitrogens is 3. The molecule has 2 aromatic carbocycles. The van der Waals surface area contributed by atoms with Gasteiger partial charge < -0.3 is 15.2 Å². The Labute approximate surface area is 174 Å². The van der Waals surface area contributed by atoms with Gasteiger partial charge in [-0.15, -0.1) is 0 Å². The number of aromatic hydroxyl groups is 2. The number of aromatic amines is 1. The number of phenolic OH excluding ortho intramolecular Hbond substituents is 2. The summed E-state index contributed by atoms with van der Waals surface area (Å²) < 4.78 is 0. The predicted molar refractivity (Wildman–Crippen MR) is 115 cm³/mol. The molecule has 0 spiro atoms. The van der Waals surface area contributed by atoms with Gasteiger partial charge in [-0.05, 0) is 60.7 Å². The second-order valence-electron chi connectivity index (χ2n) is 7.88. The molecule has 0 radical (unpaired) electrons. The quantitative estimate of drug-likeness (QED) is 0.431. The van der Waals surface area contributed by atoms with Crippen LogP contribution >= 0.6 is 0 Å². The second kappa shape index (κ2) is 7.80. The van der Waals surface area contributed by atoms with Crippen LogP contribution in [0.2, 0.25) is 0 Å². The smallest absolute Gasteiger partial charge is 0.157 e. The van der Waals surface area contributed by atoms with Crippen molar-refractivity contribution >= 4 is 11.0 Å². The molecule has 6 nitrogen and oxygen atoms in total. The largest absolute Gasteiger partial charge is 0.504 e. The van der Waals surface area contributed by atoms with Crippen molar-refractivity contribution < 1.29 is 10.2 Å². The molecule has 1 aliphatic rings. The number of H-pyrrole nitrogens is 1. The van der Waals surface area contributed by atoms with Crippen LogP contribution in [0.15, 0.2) is 60.8 Å². The molecule has 0 aliphatic heterocycles. The SMILES string of the molecule is Oc1ccc(CN(Cc2nc3ccccc3[nH]2)C2CCCc3cccnc32)cc1O. The Morgan fingerprint density at radius 1 is 1.00 bits per heavy atom. The summed E-state index contributed by atoms with van der Waals surface area (Å²) in [5.74, 6) is 0.702. The fourth-order valence-corrected chi connectivity index (χ4v) is 4.39. The molecule has 0 saturated heterocycles. The Bertz CT molecular complexity index is 1150. The summed E-state index contributed by atoms with van der Waals surface area (Å²) in [6.07, 6.45) is 5.05. The Morgan fingerprint density at radius 3 is 2.77 bits per heavy atom. The predicted octanol–water partition coefficient (Wildman–Crippen LogP) is 4.45. The van der Waals surface area contributed by atoms with Crippen LogP contribution in [-0.2, 0) is 19.5 Å². The third kappa shape index (κ3) is 3.62. The Hall–Kier alpha value is -3.38. The number of hydrogen-bond donors (Lipinski definition) is 3. The van der Waals surface area contributed by atoms with E-state index in [0.29, 0.717) is 13.1 Å². The Kier molecular flexibility index (Phi) is 4.85. The van der Waals surface area contributed by atoms with Crippen LogP contribution in [0.1, 0.15) is 41.5 Å². The molecule has 0 saturated carbocycles. The summed E-state index contributed by atoms with van der Waals surface area (Å²) in [4.78, 5) is 15.3. The monoisotopic (exact) mass is 400 g/mol. The van der Waals surface area contributed by atoms with Crippen LogP contribution in [-0.4, -0.2) is 30.1 Å². The first kappa shape index (κ1) is 18.6. The average Bonchev–Trinajstić information content (AvgIpc) is 3.18. The van der Waals surface area contributed by atoms with Gasteiger partial charge in [0.1, 0.15) is 5.82 Å². The fraction of sp³-hybridized carbons (Fsp3) is 0.250. The minimum atomic E-state index is -0.104. The maximum atomic E-state index is 9.97. The first-order chi connectivity index (χ1) is 14.7. The summed E-state index contributed by atoms with van der Waals surface area (Å²) >= 11 is 0. The maximum absolute atomic E-state index is 9.97. The lowest BCUT2D eigenvalue weighted by Gasteiger charge is -2.34. The van der Waals surface area contributed by atoms with E-state index in [0.717, 1.165) is 47.4 Å². The van der Waals surface area contributed by atoms with Gasteiger partial charge in [-0.25, -0.2) is 4.98 Å². The highest BCUT2D eigenvalue weighted by Crippen LogP contribution is 2.35. The van der Waals surface area contributed by atoms with E-state index in [1.54, 1.807) is 6.07 Å². The van der Waals surface area contributed by atoms with Crippen LogP contribution in [0.5, 0.6) is 11.5 Å². The van der Waals surface area contributed by atoms with Gasteiger partial charge in [-0.3, -0.25) is 9.88 Å². The minimum absolute atomic E-state index is 0.0987. The van der Waals surface area contributed by atoms with Gasteiger partial charge in [0.25, 0.3) is 0 Å². The number of fused-ring (bicyclic) bond motifs is 2. The zero-order chi connectivity index (χ0) is 20.5. The number of pyridine rings is 1. The molecule has 1 atom stereocenters. The van der Waals surface area contributed by atoms with Gasteiger partial charge in [-0.1, -0.05) is 24.3 Å². The molecule has 0 bridgehead atoms. The van der Waals surface area contributed by atoms with E-state index in [1.807, 2.05) is 42.6 Å². The van der Waals surface area contributed by atoms with E-state index < -0.39 is 0 Å². The van der Waals surface area contributed by atoms with Crippen molar-refractivity contribution in [2.45, 2.75) is 38.4 Å². The normalized spacial score (nSPS) is 16.1. The number of benzene rings is 2. The van der Waals surface area contributed by atoms with Crippen LogP contribution in [0.4, 0.5) is 0 Å².